The molecule has 1 saturated carbocycles. The Morgan fingerprint density at radius 1 is 0.944 bits per heavy atom. The summed E-state index contributed by atoms with van der Waals surface area (Å²) in [5, 5.41) is 5.62. The molecule has 1 atom stereocenters. The fourth-order valence-corrected chi connectivity index (χ4v) is 7.49. The van der Waals surface area contributed by atoms with Crippen molar-refractivity contribution in [3.8, 4) is 0 Å². The van der Waals surface area contributed by atoms with Crippen molar-refractivity contribution in [3.63, 3.8) is 0 Å². The van der Waals surface area contributed by atoms with E-state index in [2.05, 4.69) is 67.9 Å². The summed E-state index contributed by atoms with van der Waals surface area (Å²) in [6.07, 6.45) is 16.3. The van der Waals surface area contributed by atoms with Crippen molar-refractivity contribution >= 4 is 25.1 Å². The van der Waals surface area contributed by atoms with Crippen LogP contribution in [0.25, 0.3) is 11.2 Å². The number of unbranched alkanes of at least 4 members (excludes halogenated alkanes) is 4. The molecule has 1 unspecified atom stereocenters. The van der Waals surface area contributed by atoms with Gasteiger partial charge in [0.05, 0.1) is 37.6 Å². The minimum absolute atomic E-state index is 0. The van der Waals surface area contributed by atoms with Crippen LogP contribution in [0, 0.1) is 0 Å². The molecular formula is C39H68F4N8O2Si. The van der Waals surface area contributed by atoms with Gasteiger partial charge in [0.15, 0.2) is 17.0 Å². The van der Waals surface area contributed by atoms with Crippen molar-refractivity contribution in [2.45, 2.75) is 149 Å². The van der Waals surface area contributed by atoms with Crippen molar-refractivity contribution in [3.05, 3.63) is 48.1 Å². The number of quaternary nitrogens is 1. The van der Waals surface area contributed by atoms with Gasteiger partial charge in [0.1, 0.15) is 18.9 Å². The van der Waals surface area contributed by atoms with Gasteiger partial charge in [-0.05, 0) is 63.6 Å². The summed E-state index contributed by atoms with van der Waals surface area (Å²) in [7, 11) is -1.20. The maximum Gasteiger partial charge on any atom is 0.430 e. The number of anilines is 1. The van der Waals surface area contributed by atoms with Gasteiger partial charge in [-0.15, -0.1) is 0 Å². The van der Waals surface area contributed by atoms with Gasteiger partial charge >= 0.3 is 6.18 Å². The summed E-state index contributed by atoms with van der Waals surface area (Å²) in [4.78, 5) is 14.8. The summed E-state index contributed by atoms with van der Waals surface area (Å²) in [6, 6.07) is 1.07. The second-order valence-electron chi connectivity index (χ2n) is 16.3. The zero-order valence-corrected chi connectivity index (χ0v) is 35.1. The second kappa shape index (κ2) is 20.8. The molecule has 308 valence electrons. The van der Waals surface area contributed by atoms with Crippen LogP contribution in [-0.2, 0) is 11.5 Å². The van der Waals surface area contributed by atoms with E-state index >= 15 is 0 Å². The van der Waals surface area contributed by atoms with Crippen LogP contribution in [0.4, 0.5) is 19.0 Å². The third-order valence-electron chi connectivity index (χ3n) is 10.4. The molecule has 0 aromatic carbocycles. The number of nitrogens with one attached hydrogen (secondary N) is 2. The summed E-state index contributed by atoms with van der Waals surface area (Å²) in [5.41, 5.74) is -0.0952. The highest BCUT2D eigenvalue weighted by molar-refractivity contribution is 6.76. The predicted molar refractivity (Wildman–Crippen MR) is 213 cm³/mol. The number of halogens is 4. The highest BCUT2D eigenvalue weighted by Gasteiger charge is 2.57. The monoisotopic (exact) mass is 785 g/mol. The van der Waals surface area contributed by atoms with Gasteiger partial charge in [0, 0.05) is 33.0 Å². The molecule has 54 heavy (non-hydrogen) atoms. The van der Waals surface area contributed by atoms with E-state index in [0.29, 0.717) is 47.6 Å². The molecule has 15 heteroatoms. The van der Waals surface area contributed by atoms with E-state index in [9.17, 15) is 13.2 Å². The first kappa shape index (κ1) is 47.1. The summed E-state index contributed by atoms with van der Waals surface area (Å²) < 4.78 is 50.7. The van der Waals surface area contributed by atoms with Gasteiger partial charge in [0.2, 0.25) is 5.66 Å². The van der Waals surface area contributed by atoms with Crippen LogP contribution in [0.1, 0.15) is 111 Å². The van der Waals surface area contributed by atoms with Crippen LogP contribution in [0.2, 0.25) is 25.7 Å². The molecule has 3 aliphatic rings. The SMILES string of the molecule is CC1(C(F)(F)F)NC=C2C=CC(Nc3ncnc4c3nc(C3CC3)n4COCC[Si](C)(C)C)=CN21.CCCC[N+](CCCC)(CCCC)CCCC.O.[F-]. The zero-order chi connectivity index (χ0) is 38.0. The highest BCUT2D eigenvalue weighted by atomic mass is 28.3. The lowest BCUT2D eigenvalue weighted by molar-refractivity contribution is -0.929. The number of imidazole rings is 1. The number of hydrogen-bond donors (Lipinski definition) is 2. The molecule has 10 nitrogen and oxygen atoms in total. The molecule has 0 bridgehead atoms. The number of fused-ring (bicyclic) bond motifs is 2. The summed E-state index contributed by atoms with van der Waals surface area (Å²) in [5.74, 6) is 1.73. The average molecular weight is 785 g/mol. The van der Waals surface area contributed by atoms with Crippen molar-refractivity contribution in [1.29, 1.82) is 0 Å². The fourth-order valence-electron chi connectivity index (χ4n) is 6.73. The van der Waals surface area contributed by atoms with E-state index < -0.39 is 19.9 Å². The molecule has 0 spiro atoms. The van der Waals surface area contributed by atoms with Gasteiger partial charge in [-0.1, -0.05) is 73.0 Å². The maximum absolute atomic E-state index is 13.7. The molecule has 0 radical (unpaired) electrons. The minimum atomic E-state index is -4.48. The first-order chi connectivity index (χ1) is 24.7. The van der Waals surface area contributed by atoms with E-state index in [-0.39, 0.29) is 10.2 Å². The Morgan fingerprint density at radius 2 is 1.52 bits per heavy atom. The van der Waals surface area contributed by atoms with Crippen molar-refractivity contribution in [2.24, 2.45) is 0 Å². The van der Waals surface area contributed by atoms with E-state index in [0.717, 1.165) is 31.6 Å². The van der Waals surface area contributed by atoms with E-state index in [4.69, 9.17) is 9.72 Å². The van der Waals surface area contributed by atoms with E-state index in [1.807, 2.05) is 4.57 Å². The second-order valence-corrected chi connectivity index (χ2v) is 21.9. The predicted octanol–water partition coefficient (Wildman–Crippen LogP) is 6.05. The third-order valence-corrected chi connectivity index (χ3v) is 12.1. The number of ether oxygens (including phenoxy) is 1. The molecule has 1 aliphatic carbocycles. The van der Waals surface area contributed by atoms with Gasteiger partial charge in [-0.25, -0.2) is 15.0 Å². The smallest absolute Gasteiger partial charge is 0.430 e. The lowest BCUT2D eigenvalue weighted by Crippen LogP contribution is -3.00. The van der Waals surface area contributed by atoms with Crippen molar-refractivity contribution in [2.75, 3.05) is 38.1 Å². The molecule has 2 aromatic rings. The Hall–Kier alpha value is -3.01. The lowest BCUT2D eigenvalue weighted by atomic mass is 10.1. The lowest BCUT2D eigenvalue weighted by Gasteiger charge is -2.39. The van der Waals surface area contributed by atoms with Gasteiger partial charge in [-0.2, -0.15) is 13.2 Å². The number of alkyl halides is 3. The van der Waals surface area contributed by atoms with Crippen LogP contribution < -0.4 is 15.3 Å². The largest absolute Gasteiger partial charge is 1.00 e. The Balaban J connectivity index is 0.000000456. The minimum Gasteiger partial charge on any atom is -1.00 e. The number of aromatic nitrogens is 4. The van der Waals surface area contributed by atoms with Crippen LogP contribution in [0.3, 0.4) is 0 Å². The van der Waals surface area contributed by atoms with Crippen molar-refractivity contribution in [1.82, 2.24) is 29.7 Å². The topological polar surface area (TPSA) is 112 Å². The Labute approximate surface area is 322 Å². The summed E-state index contributed by atoms with van der Waals surface area (Å²) in [6.45, 7) is 24.1. The molecule has 2 aliphatic heterocycles. The zero-order valence-electron chi connectivity index (χ0n) is 34.1. The quantitative estimate of drug-likeness (QED) is 0.0729. The molecule has 5 rings (SSSR count). The van der Waals surface area contributed by atoms with E-state index in [1.54, 1.807) is 12.2 Å². The highest BCUT2D eigenvalue weighted by Crippen LogP contribution is 2.42. The van der Waals surface area contributed by atoms with Crippen LogP contribution in [0.15, 0.2) is 42.3 Å². The van der Waals surface area contributed by atoms with Crippen LogP contribution in [-0.4, -0.2) is 87.1 Å². The molecule has 4 heterocycles. The Morgan fingerprint density at radius 3 is 2.02 bits per heavy atom. The molecule has 0 amide bonds. The van der Waals surface area contributed by atoms with Crippen LogP contribution in [0.5, 0.6) is 0 Å². The number of hydrogen-bond acceptors (Lipinski definition) is 7. The number of rotatable bonds is 20. The number of allylic oxidation sites excluding steroid dienone is 2. The Kier molecular flexibility index (Phi) is 18.1. The van der Waals surface area contributed by atoms with Gasteiger partial charge < -0.3 is 34.9 Å². The van der Waals surface area contributed by atoms with E-state index in [1.165, 1.54) is 106 Å². The van der Waals surface area contributed by atoms with Crippen molar-refractivity contribution < 1.29 is 32.6 Å². The normalized spacial score (nSPS) is 18.2. The summed E-state index contributed by atoms with van der Waals surface area (Å²) >= 11 is 0. The first-order valence-electron chi connectivity index (χ1n) is 19.9. The first-order valence-corrected chi connectivity index (χ1v) is 23.6. The molecule has 2 aromatic heterocycles. The standard InChI is InChI=1S/C23H30F3N7OSi.C16H36N.FH.H2O/c1-22(23(24,25)26)29-11-17-8-7-16(12-33(17)22)30-19-18-21(28-13-27-19)32(20(31-18)15-5-6-15)14-34-9-10-35(2,3)4;1-5-9-13-17(14-10-6-2,15-11-7-3)16-12-8-4;;/h7-8,11-13,15,29H,5-6,9-10,14H2,1-4H3,(H,27,28,30);5-16H2,1-4H3;1H;1H2/q;+1;;/p-1. The number of nitrogens with zero attached hydrogens (tertiary/aromatic N) is 6. The third kappa shape index (κ3) is 12.2. The molecular weight excluding hydrogens is 717 g/mol. The molecule has 1 fully saturated rings. The molecule has 0 saturated heterocycles. The van der Waals surface area contributed by atoms with Gasteiger partial charge in [0.25, 0.3) is 0 Å². The fraction of sp³-hybridized carbons (Fsp3) is 0.718. The maximum atomic E-state index is 13.7. The van der Waals surface area contributed by atoms with Gasteiger partial charge in [-0.3, -0.25) is 4.57 Å². The van der Waals surface area contributed by atoms with Crippen LogP contribution >= 0.6 is 0 Å². The average Bonchev–Trinajstić information content (AvgIpc) is 3.80. The molecule has 4 N–H and O–H groups in total. The Bertz CT molecular complexity index is 1500.